The average Bonchev–Trinajstić information content (AvgIpc) is 2.87. The Kier molecular flexibility index (Phi) is 5.15. The van der Waals surface area contributed by atoms with Crippen LogP contribution in [0.5, 0.6) is 0 Å². The van der Waals surface area contributed by atoms with Gasteiger partial charge in [-0.25, -0.2) is 4.98 Å². The molecule has 1 aromatic heterocycles. The van der Waals surface area contributed by atoms with Crippen molar-refractivity contribution in [3.63, 3.8) is 0 Å². The molecule has 1 heterocycles. The predicted octanol–water partition coefficient (Wildman–Crippen LogP) is 3.48. The third-order valence-electron chi connectivity index (χ3n) is 3.16. The minimum absolute atomic E-state index is 0.0153. The van der Waals surface area contributed by atoms with E-state index >= 15 is 0 Å². The van der Waals surface area contributed by atoms with Crippen LogP contribution >= 0.6 is 11.3 Å². The Bertz CT molecular complexity index is 522. The van der Waals surface area contributed by atoms with E-state index in [1.54, 1.807) is 11.3 Å². The molecule has 2 aromatic rings. The van der Waals surface area contributed by atoms with E-state index in [9.17, 15) is 0 Å². The monoisotopic (exact) mass is 289 g/mol. The van der Waals surface area contributed by atoms with Gasteiger partial charge in [0.05, 0.1) is 5.69 Å². The summed E-state index contributed by atoms with van der Waals surface area (Å²) < 4.78 is 0. The van der Waals surface area contributed by atoms with E-state index in [2.05, 4.69) is 43.3 Å². The maximum atomic E-state index is 6.24. The van der Waals surface area contributed by atoms with Gasteiger partial charge < -0.3 is 10.6 Å². The van der Waals surface area contributed by atoms with E-state index in [-0.39, 0.29) is 6.04 Å². The van der Waals surface area contributed by atoms with Crippen LogP contribution in [0.25, 0.3) is 0 Å². The summed E-state index contributed by atoms with van der Waals surface area (Å²) in [4.78, 5) is 6.91. The van der Waals surface area contributed by atoms with Gasteiger partial charge in [0, 0.05) is 31.4 Å². The standard InChI is InChI=1S/C16H23N3S/c1-12(2)10-19(3)16-18-14(11-20-16)9-15(17)13-7-5-4-6-8-13/h4-8,11-12,15H,9-10,17H2,1-3H3. The lowest BCUT2D eigenvalue weighted by molar-refractivity contribution is 0.636. The Morgan fingerprint density at radius 2 is 1.95 bits per heavy atom. The number of nitrogens with zero attached hydrogens (tertiary/aromatic N) is 2. The molecule has 0 saturated heterocycles. The molecule has 0 aliphatic carbocycles. The number of hydrogen-bond acceptors (Lipinski definition) is 4. The summed E-state index contributed by atoms with van der Waals surface area (Å²) >= 11 is 1.70. The molecule has 20 heavy (non-hydrogen) atoms. The van der Waals surface area contributed by atoms with Crippen LogP contribution in [0.2, 0.25) is 0 Å². The van der Waals surface area contributed by atoms with Gasteiger partial charge in [0.2, 0.25) is 0 Å². The normalized spacial score (nSPS) is 12.7. The Labute approximate surface area is 125 Å². The number of anilines is 1. The van der Waals surface area contributed by atoms with E-state index in [1.807, 2.05) is 18.2 Å². The van der Waals surface area contributed by atoms with E-state index in [4.69, 9.17) is 10.7 Å². The van der Waals surface area contributed by atoms with Crippen molar-refractivity contribution in [3.05, 3.63) is 47.0 Å². The summed E-state index contributed by atoms with van der Waals surface area (Å²) in [6.07, 6.45) is 0.788. The van der Waals surface area contributed by atoms with Gasteiger partial charge in [0.1, 0.15) is 0 Å². The highest BCUT2D eigenvalue weighted by Gasteiger charge is 2.12. The van der Waals surface area contributed by atoms with Crippen molar-refractivity contribution < 1.29 is 0 Å². The first-order valence-corrected chi connectivity index (χ1v) is 7.90. The number of nitrogens with two attached hydrogens (primary N) is 1. The fraction of sp³-hybridized carbons (Fsp3) is 0.438. The first-order valence-electron chi connectivity index (χ1n) is 7.02. The zero-order valence-electron chi connectivity index (χ0n) is 12.4. The van der Waals surface area contributed by atoms with E-state index < -0.39 is 0 Å². The van der Waals surface area contributed by atoms with Gasteiger partial charge in [-0.1, -0.05) is 44.2 Å². The van der Waals surface area contributed by atoms with Gasteiger partial charge in [-0.05, 0) is 11.5 Å². The molecule has 0 aliphatic heterocycles. The van der Waals surface area contributed by atoms with Gasteiger partial charge in [-0.3, -0.25) is 0 Å². The summed E-state index contributed by atoms with van der Waals surface area (Å²) in [5.41, 5.74) is 8.49. The fourth-order valence-electron chi connectivity index (χ4n) is 2.23. The average molecular weight is 289 g/mol. The van der Waals surface area contributed by atoms with Crippen LogP contribution in [0.15, 0.2) is 35.7 Å². The quantitative estimate of drug-likeness (QED) is 0.885. The third kappa shape index (κ3) is 4.05. The van der Waals surface area contributed by atoms with Crippen LogP contribution in [-0.2, 0) is 6.42 Å². The van der Waals surface area contributed by atoms with Crippen LogP contribution in [0, 0.1) is 5.92 Å². The summed E-state index contributed by atoms with van der Waals surface area (Å²) in [5.74, 6) is 0.638. The van der Waals surface area contributed by atoms with Crippen molar-refractivity contribution in [3.8, 4) is 0 Å². The highest BCUT2D eigenvalue weighted by Crippen LogP contribution is 2.23. The van der Waals surface area contributed by atoms with Gasteiger partial charge in [-0.15, -0.1) is 11.3 Å². The summed E-state index contributed by atoms with van der Waals surface area (Å²) in [7, 11) is 2.10. The molecule has 0 fully saturated rings. The minimum Gasteiger partial charge on any atom is -0.351 e. The molecule has 0 bridgehead atoms. The summed E-state index contributed by atoms with van der Waals surface area (Å²) in [6.45, 7) is 5.46. The minimum atomic E-state index is 0.0153. The van der Waals surface area contributed by atoms with Crippen LogP contribution < -0.4 is 10.6 Å². The number of hydrogen-bond donors (Lipinski definition) is 1. The van der Waals surface area contributed by atoms with Crippen molar-refractivity contribution in [2.24, 2.45) is 11.7 Å². The molecular weight excluding hydrogens is 266 g/mol. The summed E-state index contributed by atoms with van der Waals surface area (Å²) in [5, 5.41) is 3.20. The Hall–Kier alpha value is -1.39. The molecule has 0 aliphatic rings. The van der Waals surface area contributed by atoms with E-state index in [1.165, 1.54) is 0 Å². The van der Waals surface area contributed by atoms with Gasteiger partial charge >= 0.3 is 0 Å². The molecule has 0 radical (unpaired) electrons. The molecule has 1 atom stereocenters. The Morgan fingerprint density at radius 1 is 1.25 bits per heavy atom. The number of aromatic nitrogens is 1. The zero-order valence-corrected chi connectivity index (χ0v) is 13.2. The highest BCUT2D eigenvalue weighted by molar-refractivity contribution is 7.13. The summed E-state index contributed by atoms with van der Waals surface area (Å²) in [6, 6.07) is 10.2. The second-order valence-electron chi connectivity index (χ2n) is 5.62. The second kappa shape index (κ2) is 6.86. The van der Waals surface area contributed by atoms with Crippen LogP contribution in [0.3, 0.4) is 0 Å². The largest absolute Gasteiger partial charge is 0.351 e. The molecule has 0 amide bonds. The van der Waals surface area contributed by atoms with Gasteiger partial charge in [-0.2, -0.15) is 0 Å². The second-order valence-corrected chi connectivity index (χ2v) is 6.45. The molecule has 2 N–H and O–H groups in total. The van der Waals surface area contributed by atoms with Crippen molar-refractivity contribution in [1.82, 2.24) is 4.98 Å². The lowest BCUT2D eigenvalue weighted by atomic mass is 10.0. The number of rotatable bonds is 6. The van der Waals surface area contributed by atoms with E-state index in [0.29, 0.717) is 5.92 Å². The first kappa shape index (κ1) is 15.0. The maximum absolute atomic E-state index is 6.24. The molecule has 3 nitrogen and oxygen atoms in total. The number of benzene rings is 1. The lowest BCUT2D eigenvalue weighted by Gasteiger charge is -2.17. The smallest absolute Gasteiger partial charge is 0.185 e. The Balaban J connectivity index is 1.99. The highest BCUT2D eigenvalue weighted by atomic mass is 32.1. The lowest BCUT2D eigenvalue weighted by Crippen LogP contribution is -2.22. The van der Waals surface area contributed by atoms with Crippen LogP contribution in [0.4, 0.5) is 5.13 Å². The van der Waals surface area contributed by atoms with Crippen molar-refractivity contribution in [2.75, 3.05) is 18.5 Å². The fourth-order valence-corrected chi connectivity index (χ4v) is 3.05. The Morgan fingerprint density at radius 3 is 2.60 bits per heavy atom. The first-order chi connectivity index (χ1) is 9.56. The maximum Gasteiger partial charge on any atom is 0.185 e. The van der Waals surface area contributed by atoms with Gasteiger partial charge in [0.15, 0.2) is 5.13 Å². The molecule has 0 spiro atoms. The van der Waals surface area contributed by atoms with Gasteiger partial charge in [0.25, 0.3) is 0 Å². The van der Waals surface area contributed by atoms with Crippen LogP contribution in [-0.4, -0.2) is 18.6 Å². The zero-order chi connectivity index (χ0) is 14.5. The third-order valence-corrected chi connectivity index (χ3v) is 4.17. The van der Waals surface area contributed by atoms with Crippen molar-refractivity contribution in [1.29, 1.82) is 0 Å². The van der Waals surface area contributed by atoms with Crippen LogP contribution in [0.1, 0.15) is 31.1 Å². The molecule has 2 rings (SSSR count). The number of thiazole rings is 1. The predicted molar refractivity (Wildman–Crippen MR) is 87.3 cm³/mol. The topological polar surface area (TPSA) is 42.2 Å². The van der Waals surface area contributed by atoms with Crippen molar-refractivity contribution in [2.45, 2.75) is 26.3 Å². The van der Waals surface area contributed by atoms with E-state index in [0.717, 1.165) is 29.4 Å². The SMILES string of the molecule is CC(C)CN(C)c1nc(CC(N)c2ccccc2)cs1. The molecule has 1 aromatic carbocycles. The molecule has 0 saturated carbocycles. The van der Waals surface area contributed by atoms with Crippen molar-refractivity contribution >= 4 is 16.5 Å². The molecule has 4 heteroatoms. The molecule has 1 unspecified atom stereocenters. The molecule has 108 valence electrons. The molecular formula is C16H23N3S.